The van der Waals surface area contributed by atoms with Crippen LogP contribution in [-0.4, -0.2) is 36.9 Å². The van der Waals surface area contributed by atoms with E-state index in [1.165, 1.54) is 6.07 Å². The molecule has 4 rings (SSSR count). The van der Waals surface area contributed by atoms with Gasteiger partial charge < -0.3 is 20.1 Å². The number of nitrogens with one attached hydrogen (secondary N) is 1. The Morgan fingerprint density at radius 2 is 2.00 bits per heavy atom. The summed E-state index contributed by atoms with van der Waals surface area (Å²) in [6.07, 6.45) is 2.07. The molecule has 0 bridgehead atoms. The predicted octanol–water partition coefficient (Wildman–Crippen LogP) is 3.88. The third-order valence-corrected chi connectivity index (χ3v) is 5.75. The second kappa shape index (κ2) is 9.41. The lowest BCUT2D eigenvalue weighted by Gasteiger charge is -2.34. The Balaban J connectivity index is 1.62. The number of anilines is 1. The molecule has 30 heavy (non-hydrogen) atoms. The third kappa shape index (κ3) is 4.55. The minimum atomic E-state index is -0.198. The average Bonchev–Trinajstić information content (AvgIpc) is 2.79. The highest BCUT2D eigenvalue weighted by Gasteiger charge is 2.23. The van der Waals surface area contributed by atoms with E-state index in [0.29, 0.717) is 18.7 Å². The molecule has 1 fully saturated rings. The molecule has 0 amide bonds. The van der Waals surface area contributed by atoms with Crippen molar-refractivity contribution in [1.29, 1.82) is 0 Å². The molecule has 158 valence electrons. The molecular weight excluding hydrogens is 381 g/mol. The highest BCUT2D eigenvalue weighted by Crippen LogP contribution is 2.29. The van der Waals surface area contributed by atoms with E-state index in [1.807, 2.05) is 24.3 Å². The van der Waals surface area contributed by atoms with Crippen molar-refractivity contribution in [1.82, 2.24) is 10.3 Å². The monoisotopic (exact) mass is 409 g/mol. The van der Waals surface area contributed by atoms with Crippen LogP contribution < -0.4 is 15.0 Å². The van der Waals surface area contributed by atoms with Crippen LogP contribution in [0.25, 0.3) is 10.9 Å². The molecule has 0 saturated carbocycles. The van der Waals surface area contributed by atoms with Crippen LogP contribution in [0, 0.1) is 11.7 Å². The van der Waals surface area contributed by atoms with E-state index in [2.05, 4.69) is 16.3 Å². The molecule has 0 aliphatic carbocycles. The smallest absolute Gasteiger partial charge is 0.133 e. The Bertz CT molecular complexity index is 1010. The van der Waals surface area contributed by atoms with Crippen molar-refractivity contribution in [2.45, 2.75) is 25.9 Å². The van der Waals surface area contributed by atoms with E-state index in [-0.39, 0.29) is 18.3 Å². The fraction of sp³-hybridized carbons (Fsp3) is 0.375. The molecule has 1 aromatic heterocycles. The van der Waals surface area contributed by atoms with E-state index in [1.54, 1.807) is 19.2 Å². The van der Waals surface area contributed by atoms with E-state index >= 15 is 0 Å². The minimum Gasteiger partial charge on any atom is -0.497 e. The van der Waals surface area contributed by atoms with Crippen LogP contribution in [0.4, 0.5) is 10.2 Å². The van der Waals surface area contributed by atoms with Crippen LogP contribution in [0.15, 0.2) is 48.5 Å². The summed E-state index contributed by atoms with van der Waals surface area (Å²) in [4.78, 5) is 7.24. The number of nitrogens with zero attached hydrogens (tertiary/aromatic N) is 2. The van der Waals surface area contributed by atoms with E-state index in [4.69, 9.17) is 9.72 Å². The molecule has 1 aliphatic rings. The van der Waals surface area contributed by atoms with E-state index < -0.39 is 0 Å². The molecule has 1 saturated heterocycles. The zero-order chi connectivity index (χ0) is 20.9. The number of aliphatic hydroxyl groups excluding tert-OH is 1. The van der Waals surface area contributed by atoms with Crippen LogP contribution in [0.3, 0.4) is 0 Å². The van der Waals surface area contributed by atoms with Crippen molar-refractivity contribution in [3.05, 3.63) is 65.5 Å². The summed E-state index contributed by atoms with van der Waals surface area (Å²) in [7, 11) is 1.65. The van der Waals surface area contributed by atoms with E-state index in [9.17, 15) is 9.50 Å². The molecule has 2 heterocycles. The molecule has 5 nitrogen and oxygen atoms in total. The zero-order valence-electron chi connectivity index (χ0n) is 17.3. The van der Waals surface area contributed by atoms with Crippen LogP contribution in [-0.2, 0) is 13.1 Å². The van der Waals surface area contributed by atoms with Gasteiger partial charge >= 0.3 is 0 Å². The highest BCUT2D eigenvalue weighted by molar-refractivity contribution is 5.83. The molecule has 0 spiro atoms. The highest BCUT2D eigenvalue weighted by atomic mass is 19.1. The molecule has 2 aromatic carbocycles. The van der Waals surface area contributed by atoms with Crippen molar-refractivity contribution in [2.75, 3.05) is 31.7 Å². The summed E-state index contributed by atoms with van der Waals surface area (Å²) >= 11 is 0. The molecule has 0 radical (unpaired) electrons. The standard InChI is InChI=1S/C24H28FN3O2/c1-30-21-9-8-18-11-20(14-26-13-19-6-2-3-7-22(19)25)24(27-23(18)12-21)28-10-4-5-17(15-28)16-29/h2-3,6-9,11-12,17,26,29H,4-5,10,13-16H2,1H3/t17-/m1/s1. The number of piperidine rings is 1. The molecule has 1 atom stereocenters. The normalized spacial score (nSPS) is 16.8. The van der Waals surface area contributed by atoms with Crippen LogP contribution in [0.5, 0.6) is 5.75 Å². The number of hydrogen-bond acceptors (Lipinski definition) is 5. The maximum Gasteiger partial charge on any atom is 0.133 e. The molecule has 3 aromatic rings. The summed E-state index contributed by atoms with van der Waals surface area (Å²) in [5.74, 6) is 1.77. The van der Waals surface area contributed by atoms with Gasteiger partial charge in [0.15, 0.2) is 0 Å². The number of hydrogen-bond donors (Lipinski definition) is 2. The molecular formula is C24H28FN3O2. The van der Waals surface area contributed by atoms with Gasteiger partial charge in [-0.25, -0.2) is 9.37 Å². The van der Waals surface area contributed by atoms with Gasteiger partial charge in [-0.3, -0.25) is 0 Å². The molecule has 6 heteroatoms. The lowest BCUT2D eigenvalue weighted by molar-refractivity contribution is 0.208. The Morgan fingerprint density at radius 1 is 1.17 bits per heavy atom. The van der Waals surface area contributed by atoms with Gasteiger partial charge in [0.1, 0.15) is 17.4 Å². The summed E-state index contributed by atoms with van der Waals surface area (Å²) in [6.45, 7) is 2.93. The van der Waals surface area contributed by atoms with Gasteiger partial charge in [0.05, 0.1) is 12.6 Å². The van der Waals surface area contributed by atoms with E-state index in [0.717, 1.165) is 54.0 Å². The summed E-state index contributed by atoms with van der Waals surface area (Å²) in [6, 6.07) is 14.9. The predicted molar refractivity (Wildman–Crippen MR) is 117 cm³/mol. The van der Waals surface area contributed by atoms with Crippen molar-refractivity contribution < 1.29 is 14.2 Å². The average molecular weight is 410 g/mol. The van der Waals surface area contributed by atoms with Crippen molar-refractivity contribution in [2.24, 2.45) is 5.92 Å². The largest absolute Gasteiger partial charge is 0.497 e. The Kier molecular flexibility index (Phi) is 6.45. The second-order valence-corrected chi connectivity index (χ2v) is 7.86. The number of ether oxygens (including phenoxy) is 1. The summed E-state index contributed by atoms with van der Waals surface area (Å²) in [5, 5.41) is 14.1. The number of fused-ring (bicyclic) bond motifs is 1. The Hall–Kier alpha value is -2.70. The van der Waals surface area contributed by atoms with Crippen LogP contribution in [0.2, 0.25) is 0 Å². The zero-order valence-corrected chi connectivity index (χ0v) is 17.3. The van der Waals surface area contributed by atoms with Gasteiger partial charge in [-0.2, -0.15) is 0 Å². The Labute approximate surface area is 176 Å². The number of methoxy groups -OCH3 is 1. The SMILES string of the molecule is COc1ccc2cc(CNCc3ccccc3F)c(N3CCC[C@@H](CO)C3)nc2c1. The van der Waals surface area contributed by atoms with Gasteiger partial charge in [0.2, 0.25) is 0 Å². The summed E-state index contributed by atoms with van der Waals surface area (Å²) in [5.41, 5.74) is 2.60. The molecule has 0 unspecified atom stereocenters. The molecule has 1 aliphatic heterocycles. The number of aliphatic hydroxyl groups is 1. The number of rotatable bonds is 7. The van der Waals surface area contributed by atoms with Crippen molar-refractivity contribution in [3.63, 3.8) is 0 Å². The first-order valence-corrected chi connectivity index (χ1v) is 10.5. The fourth-order valence-corrected chi connectivity index (χ4v) is 4.09. The van der Waals surface area contributed by atoms with Crippen molar-refractivity contribution in [3.8, 4) is 5.75 Å². The lowest BCUT2D eigenvalue weighted by Crippen LogP contribution is -2.38. The first-order chi connectivity index (χ1) is 14.7. The summed E-state index contributed by atoms with van der Waals surface area (Å²) < 4.78 is 19.3. The first-order valence-electron chi connectivity index (χ1n) is 10.5. The third-order valence-electron chi connectivity index (χ3n) is 5.75. The van der Waals surface area contributed by atoms with Gasteiger partial charge in [0, 0.05) is 55.4 Å². The van der Waals surface area contributed by atoms with Gasteiger partial charge in [0.25, 0.3) is 0 Å². The van der Waals surface area contributed by atoms with Gasteiger partial charge in [-0.1, -0.05) is 18.2 Å². The van der Waals surface area contributed by atoms with Gasteiger partial charge in [-0.05, 0) is 43.0 Å². The lowest BCUT2D eigenvalue weighted by atomic mass is 9.98. The first kappa shape index (κ1) is 20.6. The van der Waals surface area contributed by atoms with Crippen LogP contribution >= 0.6 is 0 Å². The number of aromatic nitrogens is 1. The van der Waals surface area contributed by atoms with Gasteiger partial charge in [-0.15, -0.1) is 0 Å². The second-order valence-electron chi connectivity index (χ2n) is 7.86. The maximum atomic E-state index is 14.0. The molecule has 2 N–H and O–H groups in total. The fourth-order valence-electron chi connectivity index (χ4n) is 4.09. The minimum absolute atomic E-state index is 0.193. The topological polar surface area (TPSA) is 57.6 Å². The maximum absolute atomic E-state index is 14.0. The number of pyridine rings is 1. The Morgan fingerprint density at radius 3 is 2.80 bits per heavy atom. The number of halogens is 1. The quantitative estimate of drug-likeness (QED) is 0.620. The van der Waals surface area contributed by atoms with Crippen molar-refractivity contribution >= 4 is 16.7 Å². The van der Waals surface area contributed by atoms with Crippen LogP contribution in [0.1, 0.15) is 24.0 Å². The number of benzene rings is 2.